The molecule has 3 rings (SSSR count). The molecule has 1 aliphatic heterocycles. The minimum atomic E-state index is -5.05. The molecule has 1 amide bonds. The molecule has 1 aromatic rings. The van der Waals surface area contributed by atoms with Crippen molar-refractivity contribution < 1.29 is 32.5 Å². The fourth-order valence-electron chi connectivity index (χ4n) is 3.70. The van der Waals surface area contributed by atoms with E-state index in [9.17, 15) is 23.1 Å². The molecule has 2 aliphatic rings. The number of hydrogen-bond acceptors (Lipinski definition) is 5. The minimum Gasteiger partial charge on any atom is -0.493 e. The van der Waals surface area contributed by atoms with Crippen LogP contribution < -0.4 is 9.47 Å². The maximum atomic E-state index is 13.9. The van der Waals surface area contributed by atoms with Gasteiger partial charge < -0.3 is 14.6 Å². The predicted octanol–water partition coefficient (Wildman–Crippen LogP) is 3.20. The highest BCUT2D eigenvalue weighted by Crippen LogP contribution is 2.49. The molecule has 3 atom stereocenters. The summed E-state index contributed by atoms with van der Waals surface area (Å²) >= 11 is 0. The van der Waals surface area contributed by atoms with Crippen LogP contribution in [0.4, 0.5) is 13.2 Å². The number of rotatable bonds is 3. The van der Waals surface area contributed by atoms with Crippen molar-refractivity contribution in [2.75, 3.05) is 14.2 Å². The van der Waals surface area contributed by atoms with Crippen LogP contribution in [0.1, 0.15) is 36.5 Å². The van der Waals surface area contributed by atoms with Crippen molar-refractivity contribution >= 4 is 11.6 Å². The van der Waals surface area contributed by atoms with Crippen LogP contribution in [0.3, 0.4) is 0 Å². The van der Waals surface area contributed by atoms with E-state index in [2.05, 4.69) is 5.10 Å². The van der Waals surface area contributed by atoms with Gasteiger partial charge in [0.15, 0.2) is 11.5 Å². The summed E-state index contributed by atoms with van der Waals surface area (Å²) in [5.74, 6) is -1.79. The van der Waals surface area contributed by atoms with Crippen LogP contribution in [0.25, 0.3) is 0 Å². The average Bonchev–Trinajstić information content (AvgIpc) is 2.94. The molecule has 1 aliphatic carbocycles. The zero-order valence-electron chi connectivity index (χ0n) is 15.2. The van der Waals surface area contributed by atoms with Gasteiger partial charge in [-0.3, -0.25) is 4.79 Å². The summed E-state index contributed by atoms with van der Waals surface area (Å²) in [6.45, 7) is 1.83. The number of aliphatic hydroxyl groups is 1. The van der Waals surface area contributed by atoms with Crippen LogP contribution in [0.2, 0.25) is 0 Å². The van der Waals surface area contributed by atoms with Crippen molar-refractivity contribution in [1.82, 2.24) is 5.01 Å². The van der Waals surface area contributed by atoms with E-state index in [1.165, 1.54) is 32.4 Å². The molecule has 1 heterocycles. The van der Waals surface area contributed by atoms with E-state index >= 15 is 0 Å². The Hall–Kier alpha value is -2.29. The van der Waals surface area contributed by atoms with Crippen LogP contribution in [0.15, 0.2) is 23.3 Å². The van der Waals surface area contributed by atoms with Gasteiger partial charge in [-0.15, -0.1) is 0 Å². The summed E-state index contributed by atoms with van der Waals surface area (Å²) in [5.41, 5.74) is -3.24. The Kier molecular flexibility index (Phi) is 4.83. The molecule has 0 aromatic heterocycles. The smallest absolute Gasteiger partial charge is 0.439 e. The molecular weight excluding hydrogens is 365 g/mol. The van der Waals surface area contributed by atoms with Crippen molar-refractivity contribution in [1.29, 1.82) is 0 Å². The number of benzene rings is 1. The van der Waals surface area contributed by atoms with Gasteiger partial charge in [0.2, 0.25) is 0 Å². The number of nitrogens with zero attached hydrogens (tertiary/aromatic N) is 2. The second-order valence-corrected chi connectivity index (χ2v) is 6.93. The molecule has 1 fully saturated rings. The maximum absolute atomic E-state index is 13.9. The van der Waals surface area contributed by atoms with Crippen LogP contribution in [0.5, 0.6) is 11.5 Å². The highest BCUT2D eigenvalue weighted by Gasteiger charge is 2.68. The van der Waals surface area contributed by atoms with E-state index in [0.717, 1.165) is 0 Å². The monoisotopic (exact) mass is 386 g/mol. The number of halogens is 3. The number of carbonyl (C=O) groups is 1. The molecule has 0 bridgehead atoms. The third-order valence-corrected chi connectivity index (χ3v) is 5.21. The van der Waals surface area contributed by atoms with E-state index < -0.39 is 23.7 Å². The van der Waals surface area contributed by atoms with Gasteiger partial charge in [0.25, 0.3) is 11.6 Å². The van der Waals surface area contributed by atoms with Crippen LogP contribution in [0, 0.1) is 11.8 Å². The summed E-state index contributed by atoms with van der Waals surface area (Å²) in [5, 5.41) is 14.8. The minimum absolute atomic E-state index is 0.000965. The maximum Gasteiger partial charge on any atom is 0.439 e. The zero-order valence-corrected chi connectivity index (χ0v) is 15.2. The standard InChI is InChI=1S/C18H21F3N2O4/c1-10-4-6-13-12(8-10)17(25,18(19,20)21)23(22-13)16(24)11-5-7-14(26-2)15(9-11)27-3/h5,7,9-10,12,25H,4,6,8H2,1-3H3/t10-,12+,17+/m0/s1. The highest BCUT2D eigenvalue weighted by atomic mass is 19.4. The lowest BCUT2D eigenvalue weighted by Gasteiger charge is -2.39. The normalized spacial score (nSPS) is 27.8. The zero-order chi connectivity index (χ0) is 20.0. The van der Waals surface area contributed by atoms with E-state index in [1.54, 1.807) is 0 Å². The van der Waals surface area contributed by atoms with Crippen molar-refractivity contribution in [2.24, 2.45) is 16.9 Å². The largest absolute Gasteiger partial charge is 0.493 e. The molecule has 9 heteroatoms. The lowest BCUT2D eigenvalue weighted by molar-refractivity contribution is -0.313. The second kappa shape index (κ2) is 6.70. The molecule has 0 unspecified atom stereocenters. The molecule has 0 radical (unpaired) electrons. The van der Waals surface area contributed by atoms with Gasteiger partial charge >= 0.3 is 6.18 Å². The first-order chi connectivity index (χ1) is 12.6. The van der Waals surface area contributed by atoms with Crippen molar-refractivity contribution in [3.05, 3.63) is 23.8 Å². The summed E-state index contributed by atoms with van der Waals surface area (Å²) in [6, 6.07) is 3.99. The lowest BCUT2D eigenvalue weighted by atomic mass is 9.76. The van der Waals surface area contributed by atoms with Crippen LogP contribution in [-0.4, -0.2) is 47.9 Å². The Morgan fingerprint density at radius 1 is 1.30 bits per heavy atom. The van der Waals surface area contributed by atoms with Crippen LogP contribution in [-0.2, 0) is 0 Å². The van der Waals surface area contributed by atoms with Gasteiger partial charge in [0, 0.05) is 11.3 Å². The topological polar surface area (TPSA) is 71.4 Å². The summed E-state index contributed by atoms with van der Waals surface area (Å²) in [4.78, 5) is 12.9. The summed E-state index contributed by atoms with van der Waals surface area (Å²) in [7, 11) is 2.75. The average molecular weight is 386 g/mol. The quantitative estimate of drug-likeness (QED) is 0.866. The summed E-state index contributed by atoms with van der Waals surface area (Å²) in [6.07, 6.45) is -3.95. The fourth-order valence-corrected chi connectivity index (χ4v) is 3.70. The van der Waals surface area contributed by atoms with Gasteiger partial charge in [0.1, 0.15) is 0 Å². The second-order valence-electron chi connectivity index (χ2n) is 6.93. The Morgan fingerprint density at radius 2 is 1.96 bits per heavy atom. The SMILES string of the molecule is COc1ccc(C(=O)N2N=C3CC[C@H](C)C[C@H]3[C@@]2(O)C(F)(F)F)cc1OC. The third kappa shape index (κ3) is 3.03. The number of methoxy groups -OCH3 is 2. The first-order valence-corrected chi connectivity index (χ1v) is 8.56. The van der Waals surface area contributed by atoms with E-state index in [4.69, 9.17) is 9.47 Å². The number of hydrazone groups is 1. The molecule has 148 valence electrons. The molecule has 1 N–H and O–H groups in total. The molecule has 0 saturated heterocycles. The lowest BCUT2D eigenvalue weighted by Crippen LogP contribution is -2.61. The van der Waals surface area contributed by atoms with Gasteiger partial charge in [0.05, 0.1) is 20.1 Å². The molecule has 6 nitrogen and oxygen atoms in total. The number of alkyl halides is 3. The highest BCUT2D eigenvalue weighted by molar-refractivity contribution is 5.99. The summed E-state index contributed by atoms with van der Waals surface area (Å²) < 4.78 is 51.8. The first-order valence-electron chi connectivity index (χ1n) is 8.56. The van der Waals surface area contributed by atoms with E-state index in [0.29, 0.717) is 18.6 Å². The molecule has 0 spiro atoms. The van der Waals surface area contributed by atoms with Crippen molar-refractivity contribution in [3.63, 3.8) is 0 Å². The molecule has 1 aromatic carbocycles. The fraction of sp³-hybridized carbons (Fsp3) is 0.556. The number of hydrogen-bond donors (Lipinski definition) is 1. The number of ether oxygens (including phenoxy) is 2. The number of amides is 1. The molecule has 27 heavy (non-hydrogen) atoms. The van der Waals surface area contributed by atoms with Crippen LogP contribution >= 0.6 is 0 Å². The number of carbonyl (C=O) groups excluding carboxylic acids is 1. The van der Waals surface area contributed by atoms with Gasteiger partial charge in [-0.25, -0.2) is 0 Å². The Bertz CT molecular complexity index is 780. The predicted molar refractivity (Wildman–Crippen MR) is 90.7 cm³/mol. The first kappa shape index (κ1) is 19.5. The van der Waals surface area contributed by atoms with Gasteiger partial charge in [-0.2, -0.15) is 23.3 Å². The van der Waals surface area contributed by atoms with E-state index in [-0.39, 0.29) is 34.4 Å². The third-order valence-electron chi connectivity index (χ3n) is 5.21. The Labute approximate surface area is 154 Å². The Morgan fingerprint density at radius 3 is 2.56 bits per heavy atom. The van der Waals surface area contributed by atoms with Gasteiger partial charge in [-0.05, 0) is 43.4 Å². The van der Waals surface area contributed by atoms with Crippen molar-refractivity contribution in [2.45, 2.75) is 38.1 Å². The van der Waals surface area contributed by atoms with Gasteiger partial charge in [-0.1, -0.05) is 6.92 Å². The van der Waals surface area contributed by atoms with Crippen molar-refractivity contribution in [3.8, 4) is 11.5 Å². The van der Waals surface area contributed by atoms with E-state index in [1.807, 2.05) is 6.92 Å². The number of fused-ring (bicyclic) bond motifs is 1. The Balaban J connectivity index is 2.03. The molecule has 1 saturated carbocycles. The molecular formula is C18H21F3N2O4.